The minimum atomic E-state index is -0.929. The van der Waals surface area contributed by atoms with Crippen molar-refractivity contribution in [2.45, 2.75) is 62.8 Å². The maximum Gasteiger partial charge on any atom is 0.222 e. The summed E-state index contributed by atoms with van der Waals surface area (Å²) >= 11 is 0. The number of aliphatic hydroxyl groups excluding tert-OH is 2. The number of ketones is 2. The van der Waals surface area contributed by atoms with E-state index in [0.29, 0.717) is 57.4 Å². The Bertz CT molecular complexity index is 1720. The summed E-state index contributed by atoms with van der Waals surface area (Å²) in [5.41, 5.74) is 2.46. The van der Waals surface area contributed by atoms with Crippen LogP contribution < -0.4 is 4.74 Å². The lowest BCUT2D eigenvalue weighted by Crippen LogP contribution is -2.55. The van der Waals surface area contributed by atoms with Crippen LogP contribution in [0.5, 0.6) is 11.8 Å². The van der Waals surface area contributed by atoms with E-state index in [9.17, 15) is 19.8 Å². The van der Waals surface area contributed by atoms with Gasteiger partial charge in [0, 0.05) is 48.4 Å². The fourth-order valence-corrected chi connectivity index (χ4v) is 9.53. The molecule has 4 bridgehead atoms. The first-order valence-electron chi connectivity index (χ1n) is 18.1. The highest BCUT2D eigenvalue weighted by Crippen LogP contribution is 2.45. The van der Waals surface area contributed by atoms with Crippen LogP contribution in [0.1, 0.15) is 94.0 Å². The highest BCUT2D eigenvalue weighted by molar-refractivity contribution is 6.03. The fourth-order valence-electron chi connectivity index (χ4n) is 9.53. The molecule has 0 aromatic carbocycles. The van der Waals surface area contributed by atoms with Gasteiger partial charge in [-0.05, 0) is 85.7 Å². The van der Waals surface area contributed by atoms with Crippen LogP contribution in [0.3, 0.4) is 0 Å². The highest BCUT2D eigenvalue weighted by atomic mass is 16.5. The Labute approximate surface area is 298 Å². The van der Waals surface area contributed by atoms with E-state index in [0.717, 1.165) is 51.9 Å². The van der Waals surface area contributed by atoms with Gasteiger partial charge < -0.3 is 24.4 Å². The van der Waals surface area contributed by atoms with Crippen LogP contribution in [0.15, 0.2) is 49.0 Å². The van der Waals surface area contributed by atoms with Crippen molar-refractivity contribution in [3.63, 3.8) is 0 Å². The second kappa shape index (κ2) is 13.4. The van der Waals surface area contributed by atoms with Gasteiger partial charge in [-0.1, -0.05) is 12.2 Å². The SMILES string of the molecule is C=C[C@H]1CN2CCC1C[C@H]2[C@H](O)c1cc(Oc2cc([C@@H](O)[C@@H]3CC4CCN3C[C@@H]4C=C)c3c(n2)C(=O)CC(OC)=C3)nc2c1C=C(OC)CC2=O. The molecule has 10 rings (SSSR count). The van der Waals surface area contributed by atoms with Gasteiger partial charge in [0.15, 0.2) is 11.6 Å². The maximum absolute atomic E-state index is 13.5. The second-order valence-electron chi connectivity index (χ2n) is 14.9. The number of piperidine rings is 6. The van der Waals surface area contributed by atoms with Gasteiger partial charge in [-0.15, -0.1) is 13.2 Å². The normalized spacial score (nSPS) is 31.8. The number of nitrogens with zero attached hydrogens (tertiary/aromatic N) is 4. The third-order valence-corrected chi connectivity index (χ3v) is 12.4. The monoisotopic (exact) mass is 694 g/mol. The van der Waals surface area contributed by atoms with Gasteiger partial charge in [-0.2, -0.15) is 0 Å². The molecule has 4 unspecified atom stereocenters. The van der Waals surface area contributed by atoms with Crippen molar-refractivity contribution < 1.29 is 34.0 Å². The summed E-state index contributed by atoms with van der Waals surface area (Å²) in [5.74, 6) is 2.27. The Balaban J connectivity index is 1.18. The Kier molecular flexibility index (Phi) is 8.94. The summed E-state index contributed by atoms with van der Waals surface area (Å²) in [5, 5.41) is 24.1. The predicted octanol–water partition coefficient (Wildman–Crippen LogP) is 5.28. The molecule has 2 aliphatic carbocycles. The highest BCUT2D eigenvalue weighted by Gasteiger charge is 2.45. The number of hydrogen-bond acceptors (Lipinski definition) is 11. The number of allylic oxidation sites excluding steroid dienone is 2. The van der Waals surface area contributed by atoms with Crippen LogP contribution in [0.2, 0.25) is 0 Å². The molecule has 0 radical (unpaired) electrons. The van der Waals surface area contributed by atoms with Gasteiger partial charge in [0.25, 0.3) is 0 Å². The first-order valence-corrected chi connectivity index (χ1v) is 18.1. The molecular weight excluding hydrogens is 648 g/mol. The molecular formula is C40H46N4O7. The molecule has 0 spiro atoms. The lowest BCUT2D eigenvalue weighted by molar-refractivity contribution is -0.0451. The first-order chi connectivity index (χ1) is 24.7. The van der Waals surface area contributed by atoms with Crippen molar-refractivity contribution in [3.8, 4) is 11.8 Å². The summed E-state index contributed by atoms with van der Waals surface area (Å²) in [6, 6.07) is 3.04. The van der Waals surface area contributed by atoms with Gasteiger partial charge >= 0.3 is 0 Å². The van der Waals surface area contributed by atoms with Crippen LogP contribution in [-0.4, -0.2) is 94.0 Å². The Morgan fingerprint density at radius 3 is 1.55 bits per heavy atom. The molecule has 6 aliphatic heterocycles. The van der Waals surface area contributed by atoms with Crippen LogP contribution in [0, 0.1) is 23.7 Å². The molecule has 2 aromatic heterocycles. The molecule has 0 saturated carbocycles. The molecule has 10 atom stereocenters. The standard InChI is InChI=1S/C40H46N4O7/c1-5-21-19-43-9-7-23(21)11-31(43)39(47)29-17-35(41-37-27(29)13-25(49-3)15-33(37)45)51-36-18-30(28-14-26(50-4)16-34(46)38(28)42-36)40(48)32-12-24-8-10-44(32)20-22(24)6-2/h5-6,13-14,17-18,21-24,31-32,39-40,47-48H,1-2,7-12,15-16,19-20H2,3-4H3/t21-,22-,23?,24?,31-,32-,39+,40+/m0/s1. The van der Waals surface area contributed by atoms with E-state index in [2.05, 4.69) is 32.9 Å². The van der Waals surface area contributed by atoms with Crippen molar-refractivity contribution in [3.05, 3.63) is 82.6 Å². The summed E-state index contributed by atoms with van der Waals surface area (Å²) in [6.07, 6.45) is 9.54. The van der Waals surface area contributed by atoms with Gasteiger partial charge in [0.1, 0.15) is 22.9 Å². The molecule has 268 valence electrons. The molecule has 2 N–H and O–H groups in total. The lowest BCUT2D eigenvalue weighted by atomic mass is 9.73. The quantitative estimate of drug-likeness (QED) is 0.315. The summed E-state index contributed by atoms with van der Waals surface area (Å²) in [6.45, 7) is 11.5. The Morgan fingerprint density at radius 2 is 1.20 bits per heavy atom. The maximum atomic E-state index is 13.5. The Hall–Kier alpha value is -4.16. The van der Waals surface area contributed by atoms with Gasteiger partial charge in [-0.25, -0.2) is 9.97 Å². The van der Waals surface area contributed by atoms with Crippen molar-refractivity contribution in [1.29, 1.82) is 0 Å². The van der Waals surface area contributed by atoms with Crippen LogP contribution in [0.25, 0.3) is 12.2 Å². The van der Waals surface area contributed by atoms with Crippen LogP contribution in [0.4, 0.5) is 0 Å². The molecule has 0 amide bonds. The number of carbonyl (C=O) groups is 2. The van der Waals surface area contributed by atoms with E-state index < -0.39 is 12.2 Å². The smallest absolute Gasteiger partial charge is 0.222 e. The van der Waals surface area contributed by atoms with E-state index in [4.69, 9.17) is 14.2 Å². The number of Topliss-reactive ketones (excluding diaryl/α,β-unsaturated/α-hetero) is 2. The summed E-state index contributed by atoms with van der Waals surface area (Å²) < 4.78 is 17.3. The van der Waals surface area contributed by atoms with Gasteiger partial charge in [0.2, 0.25) is 11.8 Å². The second-order valence-corrected chi connectivity index (χ2v) is 14.9. The molecule has 11 nitrogen and oxygen atoms in total. The molecule has 8 heterocycles. The lowest BCUT2D eigenvalue weighted by Gasteiger charge is -2.50. The van der Waals surface area contributed by atoms with E-state index in [1.54, 1.807) is 24.3 Å². The number of ether oxygens (including phenoxy) is 3. The molecule has 2 aromatic rings. The van der Waals surface area contributed by atoms with Crippen molar-refractivity contribution >= 4 is 23.7 Å². The van der Waals surface area contributed by atoms with Gasteiger partial charge in [-0.3, -0.25) is 19.4 Å². The number of aromatic nitrogens is 2. The van der Waals surface area contributed by atoms with E-state index in [-0.39, 0.29) is 59.6 Å². The number of aliphatic hydroxyl groups is 2. The van der Waals surface area contributed by atoms with E-state index >= 15 is 0 Å². The molecule has 6 saturated heterocycles. The average Bonchev–Trinajstić information content (AvgIpc) is 3.17. The van der Waals surface area contributed by atoms with E-state index in [1.807, 2.05) is 12.2 Å². The number of rotatable bonds is 10. The fraction of sp³-hybridized carbons (Fsp3) is 0.500. The van der Waals surface area contributed by atoms with E-state index in [1.165, 1.54) is 14.2 Å². The Morgan fingerprint density at radius 1 is 0.765 bits per heavy atom. The minimum Gasteiger partial charge on any atom is -0.501 e. The third kappa shape index (κ3) is 5.93. The first kappa shape index (κ1) is 34.0. The third-order valence-electron chi connectivity index (χ3n) is 12.4. The zero-order valence-corrected chi connectivity index (χ0v) is 29.3. The molecule has 8 aliphatic rings. The predicted molar refractivity (Wildman–Crippen MR) is 190 cm³/mol. The topological polar surface area (TPSA) is 135 Å². The summed E-state index contributed by atoms with van der Waals surface area (Å²) in [7, 11) is 3.05. The molecule has 6 fully saturated rings. The zero-order valence-electron chi connectivity index (χ0n) is 29.3. The van der Waals surface area contributed by atoms with Crippen LogP contribution in [-0.2, 0) is 9.47 Å². The molecule has 11 heteroatoms. The van der Waals surface area contributed by atoms with Crippen LogP contribution >= 0.6 is 0 Å². The number of fused-ring (bicyclic) bond motifs is 8. The largest absolute Gasteiger partial charge is 0.501 e. The average molecular weight is 695 g/mol. The van der Waals surface area contributed by atoms with Crippen molar-refractivity contribution in [2.75, 3.05) is 40.4 Å². The molecule has 51 heavy (non-hydrogen) atoms. The number of carbonyl (C=O) groups excluding carboxylic acids is 2. The zero-order chi connectivity index (χ0) is 35.6. The summed E-state index contributed by atoms with van der Waals surface area (Å²) in [4.78, 5) is 40.9. The van der Waals surface area contributed by atoms with Gasteiger partial charge in [0.05, 0.1) is 39.3 Å². The van der Waals surface area contributed by atoms with Crippen molar-refractivity contribution in [1.82, 2.24) is 19.8 Å². The number of hydrogen-bond donors (Lipinski definition) is 2. The number of pyridine rings is 2. The van der Waals surface area contributed by atoms with Crippen molar-refractivity contribution in [2.24, 2.45) is 23.7 Å². The number of methoxy groups -OCH3 is 2. The minimum absolute atomic E-state index is 0.0375.